The minimum Gasteiger partial charge on any atom is -0.467 e. The highest BCUT2D eigenvalue weighted by Gasteiger charge is 2.47. The molecule has 1 heterocycles. The Kier molecular flexibility index (Phi) is 5.69. The molecule has 0 aromatic heterocycles. The molecule has 2 aromatic rings. The molecule has 29 heavy (non-hydrogen) atoms. The van der Waals surface area contributed by atoms with E-state index in [1.165, 1.54) is 32.2 Å². The first-order chi connectivity index (χ1) is 13.8. The highest BCUT2D eigenvalue weighted by atomic mass is 32.2. The molecule has 2 aromatic carbocycles. The van der Waals surface area contributed by atoms with E-state index in [-0.39, 0.29) is 16.9 Å². The molecule has 0 saturated carbocycles. The number of nitrogens with zero attached hydrogens (tertiary/aromatic N) is 1. The number of methoxy groups -OCH3 is 1. The Labute approximate surface area is 168 Å². The van der Waals surface area contributed by atoms with E-state index in [1.54, 1.807) is 36.4 Å². The predicted molar refractivity (Wildman–Crippen MR) is 103 cm³/mol. The maximum absolute atomic E-state index is 13.0. The van der Waals surface area contributed by atoms with Crippen molar-refractivity contribution in [2.24, 2.45) is 0 Å². The lowest BCUT2D eigenvalue weighted by Gasteiger charge is -2.27. The molecule has 1 aliphatic rings. The van der Waals surface area contributed by atoms with Crippen molar-refractivity contribution < 1.29 is 27.5 Å². The van der Waals surface area contributed by atoms with Crippen LogP contribution in [0.25, 0.3) is 0 Å². The molecule has 3 rings (SSSR count). The van der Waals surface area contributed by atoms with Crippen LogP contribution in [0.1, 0.15) is 22.8 Å². The number of nitrogens with one attached hydrogen (secondary N) is 1. The number of carbonyl (C=O) groups excluding carboxylic acids is 3. The van der Waals surface area contributed by atoms with Gasteiger partial charge in [-0.05, 0) is 24.6 Å². The second-order valence-corrected chi connectivity index (χ2v) is 8.34. The first-order valence-electron chi connectivity index (χ1n) is 8.87. The number of hydrogen-bond donors (Lipinski definition) is 1. The molecule has 0 bridgehead atoms. The van der Waals surface area contributed by atoms with E-state index in [1.807, 2.05) is 0 Å². The number of carbonyl (C=O) groups is 3. The van der Waals surface area contributed by atoms with Crippen LogP contribution in [-0.2, 0) is 30.8 Å². The first kappa shape index (κ1) is 20.5. The van der Waals surface area contributed by atoms with E-state index in [4.69, 9.17) is 0 Å². The molecule has 0 spiro atoms. The molecule has 0 aliphatic carbocycles. The van der Waals surface area contributed by atoms with Crippen molar-refractivity contribution in [3.8, 4) is 0 Å². The van der Waals surface area contributed by atoms with Gasteiger partial charge in [0.25, 0.3) is 15.9 Å². The number of esters is 1. The molecule has 8 nitrogen and oxygen atoms in total. The van der Waals surface area contributed by atoms with Crippen molar-refractivity contribution in [3.63, 3.8) is 0 Å². The van der Waals surface area contributed by atoms with Crippen LogP contribution >= 0.6 is 0 Å². The van der Waals surface area contributed by atoms with Crippen molar-refractivity contribution in [3.05, 3.63) is 65.7 Å². The highest BCUT2D eigenvalue weighted by Crippen LogP contribution is 2.32. The summed E-state index contributed by atoms with van der Waals surface area (Å²) in [4.78, 5) is 37.4. The summed E-state index contributed by atoms with van der Waals surface area (Å²) >= 11 is 0. The molecule has 0 radical (unpaired) electrons. The van der Waals surface area contributed by atoms with Crippen molar-refractivity contribution in [1.29, 1.82) is 0 Å². The predicted octanol–water partition coefficient (Wildman–Crippen LogP) is 1.12. The fraction of sp³-hybridized carbons (Fsp3) is 0.250. The number of rotatable bonds is 6. The first-order valence-corrected chi connectivity index (χ1v) is 10.3. The van der Waals surface area contributed by atoms with Crippen molar-refractivity contribution >= 4 is 27.8 Å². The van der Waals surface area contributed by atoms with Crippen LogP contribution < -0.4 is 5.32 Å². The molecule has 152 valence electrons. The summed E-state index contributed by atoms with van der Waals surface area (Å²) in [6, 6.07) is 12.2. The van der Waals surface area contributed by atoms with Gasteiger partial charge in [0.05, 0.1) is 12.7 Å². The summed E-state index contributed by atoms with van der Waals surface area (Å²) in [5.41, 5.74) is 0.678. The van der Waals surface area contributed by atoms with Gasteiger partial charge in [-0.3, -0.25) is 9.59 Å². The SMILES string of the molecule is COC(=O)[C@H](C)NC(=O)[C@H](Cc1ccccc1)N1C(=O)c2ccccc2S1(=O)=O. The number of hydrogen-bond acceptors (Lipinski definition) is 6. The maximum atomic E-state index is 13.0. The maximum Gasteiger partial charge on any atom is 0.328 e. The summed E-state index contributed by atoms with van der Waals surface area (Å²) in [5, 5.41) is 2.44. The Morgan fingerprint density at radius 3 is 2.31 bits per heavy atom. The Morgan fingerprint density at radius 1 is 1.07 bits per heavy atom. The summed E-state index contributed by atoms with van der Waals surface area (Å²) in [6.07, 6.45) is -0.0421. The summed E-state index contributed by atoms with van der Waals surface area (Å²) in [5.74, 6) is -2.23. The lowest BCUT2D eigenvalue weighted by atomic mass is 10.0. The van der Waals surface area contributed by atoms with Crippen LogP contribution in [0.2, 0.25) is 0 Å². The smallest absolute Gasteiger partial charge is 0.328 e. The lowest BCUT2D eigenvalue weighted by Crippen LogP contribution is -2.53. The monoisotopic (exact) mass is 416 g/mol. The molecule has 0 fully saturated rings. The average molecular weight is 416 g/mol. The topological polar surface area (TPSA) is 110 Å². The van der Waals surface area contributed by atoms with E-state index in [0.717, 1.165) is 0 Å². The van der Waals surface area contributed by atoms with Gasteiger partial charge in [-0.15, -0.1) is 0 Å². The molecule has 1 aliphatic heterocycles. The summed E-state index contributed by atoms with van der Waals surface area (Å²) in [6.45, 7) is 1.42. The number of ether oxygens (including phenoxy) is 1. The number of benzene rings is 2. The van der Waals surface area contributed by atoms with Gasteiger partial charge >= 0.3 is 5.97 Å². The van der Waals surface area contributed by atoms with E-state index in [0.29, 0.717) is 9.87 Å². The Balaban J connectivity index is 2.00. The number of sulfonamides is 1. The second kappa shape index (κ2) is 8.04. The molecule has 1 N–H and O–H groups in total. The number of fused-ring (bicyclic) bond motifs is 1. The summed E-state index contributed by atoms with van der Waals surface area (Å²) < 4.78 is 31.3. The molecular formula is C20H20N2O6S. The standard InChI is InChI=1S/C20H20N2O6S/c1-13(20(25)28-2)21-18(23)16(12-14-8-4-3-5-9-14)22-19(24)15-10-6-7-11-17(15)29(22,26)27/h3-11,13,16H,12H2,1-2H3,(H,21,23)/t13-,16-/m0/s1. The quantitative estimate of drug-likeness (QED) is 0.707. The Hall–Kier alpha value is -3.20. The van der Waals surface area contributed by atoms with Crippen LogP contribution in [0.4, 0.5) is 0 Å². The highest BCUT2D eigenvalue weighted by molar-refractivity contribution is 7.90. The zero-order chi connectivity index (χ0) is 21.2. The Bertz CT molecular complexity index is 1050. The Morgan fingerprint density at radius 2 is 1.69 bits per heavy atom. The van der Waals surface area contributed by atoms with Gasteiger partial charge in [0, 0.05) is 6.42 Å². The third-order valence-electron chi connectivity index (χ3n) is 4.63. The molecule has 0 saturated heterocycles. The van der Waals surface area contributed by atoms with Crippen molar-refractivity contribution in [2.45, 2.75) is 30.3 Å². The lowest BCUT2D eigenvalue weighted by molar-refractivity contribution is -0.144. The van der Waals surface area contributed by atoms with Gasteiger partial charge < -0.3 is 10.1 Å². The zero-order valence-electron chi connectivity index (χ0n) is 15.9. The van der Waals surface area contributed by atoms with Crippen LogP contribution in [0.15, 0.2) is 59.5 Å². The van der Waals surface area contributed by atoms with Gasteiger partial charge in [-0.25, -0.2) is 17.5 Å². The minimum absolute atomic E-state index is 0.0133. The van der Waals surface area contributed by atoms with Gasteiger partial charge in [0.2, 0.25) is 5.91 Å². The van der Waals surface area contributed by atoms with Gasteiger partial charge in [0.1, 0.15) is 17.0 Å². The van der Waals surface area contributed by atoms with Crippen LogP contribution in [-0.4, -0.2) is 49.7 Å². The van der Waals surface area contributed by atoms with E-state index >= 15 is 0 Å². The largest absolute Gasteiger partial charge is 0.467 e. The van der Waals surface area contributed by atoms with Crippen LogP contribution in [0.3, 0.4) is 0 Å². The zero-order valence-corrected chi connectivity index (χ0v) is 16.7. The average Bonchev–Trinajstić information content (AvgIpc) is 2.92. The molecule has 2 amide bonds. The summed E-state index contributed by atoms with van der Waals surface area (Å²) in [7, 11) is -3.04. The van der Waals surface area contributed by atoms with Gasteiger partial charge in [0.15, 0.2) is 0 Å². The number of amides is 2. The molecule has 9 heteroatoms. The van der Waals surface area contributed by atoms with E-state index in [9.17, 15) is 22.8 Å². The van der Waals surface area contributed by atoms with Crippen LogP contribution in [0, 0.1) is 0 Å². The molecular weight excluding hydrogens is 396 g/mol. The molecule has 0 unspecified atom stereocenters. The van der Waals surface area contributed by atoms with Crippen molar-refractivity contribution in [2.75, 3.05) is 7.11 Å². The molecule has 2 atom stereocenters. The fourth-order valence-electron chi connectivity index (χ4n) is 3.18. The minimum atomic E-state index is -4.21. The second-order valence-electron chi connectivity index (χ2n) is 6.56. The third kappa shape index (κ3) is 3.86. The van der Waals surface area contributed by atoms with Crippen LogP contribution in [0.5, 0.6) is 0 Å². The van der Waals surface area contributed by atoms with Crippen molar-refractivity contribution in [1.82, 2.24) is 9.62 Å². The third-order valence-corrected chi connectivity index (χ3v) is 6.48. The van der Waals surface area contributed by atoms with Gasteiger partial charge in [-0.1, -0.05) is 42.5 Å². The normalized spacial score (nSPS) is 16.6. The fourth-order valence-corrected chi connectivity index (χ4v) is 4.89. The van der Waals surface area contributed by atoms with Gasteiger partial charge in [-0.2, -0.15) is 0 Å². The van der Waals surface area contributed by atoms with E-state index in [2.05, 4.69) is 10.1 Å². The van der Waals surface area contributed by atoms with E-state index < -0.39 is 39.9 Å².